The Morgan fingerprint density at radius 1 is 1.29 bits per heavy atom. The van der Waals surface area contributed by atoms with Gasteiger partial charge in [0, 0.05) is 19.2 Å². The normalized spacial score (nSPS) is 11.6. The van der Waals surface area contributed by atoms with Gasteiger partial charge in [0.1, 0.15) is 10.8 Å². The summed E-state index contributed by atoms with van der Waals surface area (Å²) in [6.07, 6.45) is -2.08. The van der Waals surface area contributed by atoms with E-state index in [0.717, 1.165) is 23.1 Å². The lowest BCUT2D eigenvalue weighted by Crippen LogP contribution is -2.25. The first-order valence-corrected chi connectivity index (χ1v) is 8.76. The van der Waals surface area contributed by atoms with Gasteiger partial charge in [-0.1, -0.05) is 23.7 Å². The fraction of sp³-hybridized carbons (Fsp3) is 0.278. The van der Waals surface area contributed by atoms with E-state index in [0.29, 0.717) is 19.4 Å². The van der Waals surface area contributed by atoms with Crippen LogP contribution >= 0.6 is 11.6 Å². The maximum atomic E-state index is 12.2. The number of imidazole rings is 1. The van der Waals surface area contributed by atoms with Gasteiger partial charge in [-0.15, -0.1) is 0 Å². The minimum atomic E-state index is -4.50. The molecule has 0 atom stereocenters. The Morgan fingerprint density at radius 2 is 2.07 bits per heavy atom. The van der Waals surface area contributed by atoms with E-state index in [1.807, 2.05) is 24.3 Å². The summed E-state index contributed by atoms with van der Waals surface area (Å²) in [5.41, 5.74) is 1.97. The minimum Gasteiger partial charge on any atom is -0.467 e. The van der Waals surface area contributed by atoms with Gasteiger partial charge in [0.25, 0.3) is 5.91 Å². The molecule has 2 heterocycles. The zero-order valence-electron chi connectivity index (χ0n) is 14.5. The summed E-state index contributed by atoms with van der Waals surface area (Å²) >= 11 is 5.84. The summed E-state index contributed by atoms with van der Waals surface area (Å²) in [5, 5.41) is 2.54. The van der Waals surface area contributed by atoms with Crippen LogP contribution in [0.15, 0.2) is 36.5 Å². The van der Waals surface area contributed by atoms with Gasteiger partial charge in [-0.2, -0.15) is 13.2 Å². The molecule has 0 aliphatic carbocycles. The van der Waals surface area contributed by atoms with Gasteiger partial charge in [0.15, 0.2) is 6.61 Å². The molecule has 1 aromatic carbocycles. The van der Waals surface area contributed by atoms with Crippen molar-refractivity contribution in [1.29, 1.82) is 0 Å². The van der Waals surface area contributed by atoms with Gasteiger partial charge in [0.2, 0.25) is 5.88 Å². The number of aromatic amines is 1. The van der Waals surface area contributed by atoms with Crippen LogP contribution in [0.3, 0.4) is 0 Å². The number of benzene rings is 1. The molecule has 6 nitrogen and oxygen atoms in total. The molecule has 0 saturated heterocycles. The number of pyridine rings is 1. The van der Waals surface area contributed by atoms with Crippen molar-refractivity contribution in [2.24, 2.45) is 0 Å². The first-order valence-electron chi connectivity index (χ1n) is 8.39. The Kier molecular flexibility index (Phi) is 6.03. The number of para-hydroxylation sites is 2. The highest BCUT2D eigenvalue weighted by Gasteiger charge is 2.29. The smallest absolute Gasteiger partial charge is 0.422 e. The molecule has 0 radical (unpaired) electrons. The number of ether oxygens (including phenoxy) is 1. The summed E-state index contributed by atoms with van der Waals surface area (Å²) < 4.78 is 41.0. The minimum absolute atomic E-state index is 0.132. The largest absolute Gasteiger partial charge is 0.467 e. The van der Waals surface area contributed by atoms with E-state index in [1.165, 1.54) is 6.07 Å². The number of aryl methyl sites for hydroxylation is 1. The first-order chi connectivity index (χ1) is 13.3. The Bertz CT molecular complexity index is 942. The van der Waals surface area contributed by atoms with Crippen molar-refractivity contribution >= 4 is 28.5 Å². The predicted molar refractivity (Wildman–Crippen MR) is 97.5 cm³/mol. The number of nitrogens with one attached hydrogen (secondary N) is 2. The number of H-pyrrole nitrogens is 1. The van der Waals surface area contributed by atoms with Crippen molar-refractivity contribution in [2.45, 2.75) is 19.0 Å². The second kappa shape index (κ2) is 8.47. The maximum Gasteiger partial charge on any atom is 0.422 e. The van der Waals surface area contributed by atoms with Gasteiger partial charge in [0.05, 0.1) is 16.6 Å². The highest BCUT2D eigenvalue weighted by Crippen LogP contribution is 2.25. The Morgan fingerprint density at radius 3 is 2.79 bits per heavy atom. The van der Waals surface area contributed by atoms with Crippen molar-refractivity contribution in [3.8, 4) is 5.88 Å². The number of halogens is 4. The fourth-order valence-electron chi connectivity index (χ4n) is 2.49. The van der Waals surface area contributed by atoms with Gasteiger partial charge in [-0.05, 0) is 24.6 Å². The molecule has 0 spiro atoms. The lowest BCUT2D eigenvalue weighted by Gasteiger charge is -2.10. The highest BCUT2D eigenvalue weighted by molar-refractivity contribution is 6.32. The molecule has 28 heavy (non-hydrogen) atoms. The van der Waals surface area contributed by atoms with Crippen molar-refractivity contribution in [1.82, 2.24) is 20.3 Å². The third-order valence-electron chi connectivity index (χ3n) is 3.76. The zero-order chi connectivity index (χ0) is 20.1. The molecular formula is C18H16ClF3N4O2. The van der Waals surface area contributed by atoms with Crippen LogP contribution in [-0.4, -0.2) is 40.2 Å². The van der Waals surface area contributed by atoms with E-state index in [1.54, 1.807) is 0 Å². The van der Waals surface area contributed by atoms with E-state index in [2.05, 4.69) is 25.0 Å². The molecule has 0 fully saturated rings. The number of carbonyl (C=O) groups is 1. The van der Waals surface area contributed by atoms with E-state index in [-0.39, 0.29) is 16.5 Å². The SMILES string of the molecule is O=C(NCCCc1nc2ccccc2[nH]1)c1cnc(OCC(F)(F)F)c(Cl)c1. The third kappa shape index (κ3) is 5.35. The van der Waals surface area contributed by atoms with E-state index in [9.17, 15) is 18.0 Å². The van der Waals surface area contributed by atoms with Crippen LogP contribution < -0.4 is 10.1 Å². The average molecular weight is 413 g/mol. The quantitative estimate of drug-likeness (QED) is 0.576. The molecular weight excluding hydrogens is 397 g/mol. The number of alkyl halides is 3. The van der Waals surface area contributed by atoms with Gasteiger partial charge < -0.3 is 15.0 Å². The lowest BCUT2D eigenvalue weighted by atomic mass is 10.2. The summed E-state index contributed by atoms with van der Waals surface area (Å²) in [7, 11) is 0. The molecule has 2 aromatic heterocycles. The van der Waals surface area contributed by atoms with Crippen LogP contribution in [0.25, 0.3) is 11.0 Å². The Balaban J connectivity index is 1.48. The van der Waals surface area contributed by atoms with Crippen LogP contribution in [0.5, 0.6) is 5.88 Å². The lowest BCUT2D eigenvalue weighted by molar-refractivity contribution is -0.154. The summed E-state index contributed by atoms with van der Waals surface area (Å²) in [6.45, 7) is -1.12. The maximum absolute atomic E-state index is 12.2. The summed E-state index contributed by atoms with van der Waals surface area (Å²) in [6, 6.07) is 8.89. The van der Waals surface area contributed by atoms with Crippen molar-refractivity contribution in [3.63, 3.8) is 0 Å². The first kappa shape index (κ1) is 19.9. The average Bonchev–Trinajstić information content (AvgIpc) is 3.06. The fourth-order valence-corrected chi connectivity index (χ4v) is 2.71. The molecule has 0 aliphatic heterocycles. The van der Waals surface area contributed by atoms with E-state index < -0.39 is 18.7 Å². The standard InChI is InChI=1S/C18H16ClF3N4O2/c19-12-8-11(9-24-17(12)28-10-18(20,21)22)16(27)23-7-3-6-15-25-13-4-1-2-5-14(13)26-15/h1-2,4-5,8-9H,3,6-7,10H2,(H,23,27)(H,25,26). The van der Waals surface area contributed by atoms with Crippen molar-refractivity contribution < 1.29 is 22.7 Å². The second-order valence-electron chi connectivity index (χ2n) is 5.97. The number of aromatic nitrogens is 3. The van der Waals surface area contributed by atoms with E-state index >= 15 is 0 Å². The molecule has 0 aliphatic rings. The molecule has 1 amide bonds. The van der Waals surface area contributed by atoms with Crippen LogP contribution in [0, 0.1) is 0 Å². The number of rotatable bonds is 7. The topological polar surface area (TPSA) is 79.9 Å². The van der Waals surface area contributed by atoms with Gasteiger partial charge >= 0.3 is 6.18 Å². The number of hydrogen-bond acceptors (Lipinski definition) is 4. The van der Waals surface area contributed by atoms with Crippen LogP contribution in [-0.2, 0) is 6.42 Å². The molecule has 2 N–H and O–H groups in total. The number of fused-ring (bicyclic) bond motifs is 1. The number of carbonyl (C=O) groups excluding carboxylic acids is 1. The van der Waals surface area contributed by atoms with Gasteiger partial charge in [-0.25, -0.2) is 9.97 Å². The molecule has 0 unspecified atom stereocenters. The third-order valence-corrected chi connectivity index (χ3v) is 4.03. The molecule has 0 saturated carbocycles. The molecule has 148 valence electrons. The van der Waals surface area contributed by atoms with Crippen LogP contribution in [0.4, 0.5) is 13.2 Å². The number of hydrogen-bond donors (Lipinski definition) is 2. The highest BCUT2D eigenvalue weighted by atomic mass is 35.5. The Hall–Kier alpha value is -2.81. The molecule has 10 heteroatoms. The summed E-state index contributed by atoms with van der Waals surface area (Å²) in [5.74, 6) is 0.0214. The Labute approximate surface area is 163 Å². The monoisotopic (exact) mass is 412 g/mol. The molecule has 3 rings (SSSR count). The predicted octanol–water partition coefficient (Wildman–Crippen LogP) is 3.92. The number of amides is 1. The van der Waals surface area contributed by atoms with Crippen LogP contribution in [0.1, 0.15) is 22.6 Å². The summed E-state index contributed by atoms with van der Waals surface area (Å²) in [4.78, 5) is 23.5. The van der Waals surface area contributed by atoms with Crippen molar-refractivity contribution in [2.75, 3.05) is 13.2 Å². The number of nitrogens with zero attached hydrogens (tertiary/aromatic N) is 2. The van der Waals surface area contributed by atoms with E-state index in [4.69, 9.17) is 11.6 Å². The van der Waals surface area contributed by atoms with Crippen LogP contribution in [0.2, 0.25) is 5.02 Å². The van der Waals surface area contributed by atoms with Crippen molar-refractivity contribution in [3.05, 3.63) is 52.9 Å². The second-order valence-corrected chi connectivity index (χ2v) is 6.38. The molecule has 0 bridgehead atoms. The zero-order valence-corrected chi connectivity index (χ0v) is 15.3. The van der Waals surface area contributed by atoms with Gasteiger partial charge in [-0.3, -0.25) is 4.79 Å². The molecule has 3 aromatic rings.